The van der Waals surface area contributed by atoms with Crippen molar-refractivity contribution in [3.05, 3.63) is 60.0 Å². The van der Waals surface area contributed by atoms with Crippen LogP contribution in [0.2, 0.25) is 0 Å². The highest BCUT2D eigenvalue weighted by Gasteiger charge is 2.09. The first-order chi connectivity index (χ1) is 10.8. The molecule has 0 aliphatic rings. The zero-order valence-corrected chi connectivity index (χ0v) is 13.1. The average Bonchev–Trinajstić information content (AvgIpc) is 2.93. The lowest BCUT2D eigenvalue weighted by Crippen LogP contribution is -1.84. The molecule has 0 radical (unpaired) electrons. The molecule has 110 valence electrons. The van der Waals surface area contributed by atoms with Gasteiger partial charge in [-0.25, -0.2) is 19.9 Å². The maximum Gasteiger partial charge on any atom is 0.249 e. The van der Waals surface area contributed by atoms with Crippen LogP contribution in [0, 0.1) is 0 Å². The molecule has 1 aromatic carbocycles. The van der Waals surface area contributed by atoms with Crippen LogP contribution in [0.3, 0.4) is 0 Å². The smallest absolute Gasteiger partial charge is 0.249 e. The second-order valence-corrected chi connectivity index (χ2v) is 6.45. The number of thiazole rings is 1. The molecule has 22 heavy (non-hydrogen) atoms. The van der Waals surface area contributed by atoms with Gasteiger partial charge in [-0.2, -0.15) is 0 Å². The first-order valence-corrected chi connectivity index (χ1v) is 8.29. The average molecular weight is 328 g/mol. The molecule has 1 N–H and O–H groups in total. The summed E-state index contributed by atoms with van der Waals surface area (Å²) in [5.41, 5.74) is 1.66. The molecule has 0 unspecified atom stereocenters. The Morgan fingerprint density at radius 2 is 1.91 bits per heavy atom. The second kappa shape index (κ2) is 7.15. The highest BCUT2D eigenvalue weighted by atomic mass is 32.2. The molecule has 0 spiro atoms. The SMILES string of the molecule is Oc1sc(SCc2ccccc2)nc1C=Nc1ncccn1. The van der Waals surface area contributed by atoms with E-state index < -0.39 is 0 Å². The quantitative estimate of drug-likeness (QED) is 0.571. The molecule has 2 heterocycles. The second-order valence-electron chi connectivity index (χ2n) is 4.25. The Labute approximate surface area is 135 Å². The van der Waals surface area contributed by atoms with Gasteiger partial charge in [0.25, 0.3) is 0 Å². The molecule has 0 fully saturated rings. The van der Waals surface area contributed by atoms with E-state index in [1.54, 1.807) is 30.2 Å². The van der Waals surface area contributed by atoms with Crippen LogP contribution in [0.5, 0.6) is 5.06 Å². The van der Waals surface area contributed by atoms with E-state index in [4.69, 9.17) is 0 Å². The summed E-state index contributed by atoms with van der Waals surface area (Å²) in [4.78, 5) is 16.4. The molecule has 0 bridgehead atoms. The molecule has 0 saturated carbocycles. The molecule has 3 aromatic rings. The molecule has 2 aromatic heterocycles. The Kier molecular flexibility index (Phi) is 4.77. The van der Waals surface area contributed by atoms with Crippen LogP contribution in [0.4, 0.5) is 5.95 Å². The minimum absolute atomic E-state index is 0.148. The number of nitrogens with zero attached hydrogens (tertiary/aromatic N) is 4. The minimum Gasteiger partial charge on any atom is -0.498 e. The number of aromatic nitrogens is 3. The van der Waals surface area contributed by atoms with Crippen molar-refractivity contribution in [1.82, 2.24) is 15.0 Å². The van der Waals surface area contributed by atoms with Gasteiger partial charge >= 0.3 is 0 Å². The molecule has 3 rings (SSSR count). The molecule has 0 atom stereocenters. The minimum atomic E-state index is 0.148. The van der Waals surface area contributed by atoms with Crippen LogP contribution < -0.4 is 0 Å². The third-order valence-electron chi connectivity index (χ3n) is 2.67. The fourth-order valence-electron chi connectivity index (χ4n) is 1.65. The Bertz CT molecular complexity index is 760. The third kappa shape index (κ3) is 3.90. The zero-order valence-electron chi connectivity index (χ0n) is 11.5. The van der Waals surface area contributed by atoms with Crippen LogP contribution in [0.25, 0.3) is 0 Å². The topological polar surface area (TPSA) is 71.3 Å². The van der Waals surface area contributed by atoms with Gasteiger partial charge < -0.3 is 5.11 Å². The summed E-state index contributed by atoms with van der Waals surface area (Å²) in [6.07, 6.45) is 4.71. The van der Waals surface area contributed by atoms with Gasteiger partial charge in [0, 0.05) is 18.1 Å². The summed E-state index contributed by atoms with van der Waals surface area (Å²) in [5, 5.41) is 10.1. The summed E-state index contributed by atoms with van der Waals surface area (Å²) in [6.45, 7) is 0. The summed E-state index contributed by atoms with van der Waals surface area (Å²) < 4.78 is 0.803. The summed E-state index contributed by atoms with van der Waals surface area (Å²) in [6, 6.07) is 11.9. The maximum atomic E-state index is 9.92. The number of hydrogen-bond donors (Lipinski definition) is 1. The van der Waals surface area contributed by atoms with Crippen molar-refractivity contribution in [3.8, 4) is 5.06 Å². The first-order valence-electron chi connectivity index (χ1n) is 6.49. The van der Waals surface area contributed by atoms with Gasteiger partial charge in [-0.15, -0.1) is 0 Å². The van der Waals surface area contributed by atoms with Gasteiger partial charge in [0.2, 0.25) is 11.0 Å². The fourth-order valence-corrected chi connectivity index (χ4v) is 3.45. The van der Waals surface area contributed by atoms with Crippen LogP contribution in [0.1, 0.15) is 11.3 Å². The van der Waals surface area contributed by atoms with Crippen molar-refractivity contribution in [3.63, 3.8) is 0 Å². The van der Waals surface area contributed by atoms with Gasteiger partial charge in [0.15, 0.2) is 4.34 Å². The van der Waals surface area contributed by atoms with E-state index in [1.807, 2.05) is 18.2 Å². The molecular weight excluding hydrogens is 316 g/mol. The van der Waals surface area contributed by atoms with Gasteiger partial charge in [0.05, 0.1) is 6.21 Å². The van der Waals surface area contributed by atoms with E-state index in [0.717, 1.165) is 10.1 Å². The Balaban J connectivity index is 1.67. The molecular formula is C15H12N4OS2. The van der Waals surface area contributed by atoms with Crippen molar-refractivity contribution in [1.29, 1.82) is 0 Å². The third-order valence-corrected chi connectivity index (χ3v) is 4.76. The number of hydrogen-bond acceptors (Lipinski definition) is 7. The molecule has 5 nitrogen and oxygen atoms in total. The van der Waals surface area contributed by atoms with Crippen molar-refractivity contribution < 1.29 is 5.11 Å². The molecule has 0 amide bonds. The first kappa shape index (κ1) is 14.7. The lowest BCUT2D eigenvalue weighted by molar-refractivity contribution is 0.488. The summed E-state index contributed by atoms with van der Waals surface area (Å²) >= 11 is 2.83. The Morgan fingerprint density at radius 1 is 1.14 bits per heavy atom. The fraction of sp³-hybridized carbons (Fsp3) is 0.0667. The van der Waals surface area contributed by atoms with E-state index in [1.165, 1.54) is 23.1 Å². The maximum absolute atomic E-state index is 9.92. The predicted octanol–water partition coefficient (Wildman–Crippen LogP) is 3.68. The monoisotopic (exact) mass is 328 g/mol. The highest BCUT2D eigenvalue weighted by molar-refractivity contribution is 8.00. The number of aliphatic imine (C=N–C) groups is 1. The summed E-state index contributed by atoms with van der Waals surface area (Å²) in [7, 11) is 0. The van der Waals surface area contributed by atoms with E-state index in [9.17, 15) is 5.11 Å². The van der Waals surface area contributed by atoms with E-state index in [-0.39, 0.29) is 5.06 Å². The van der Waals surface area contributed by atoms with Crippen LogP contribution in [-0.2, 0) is 5.75 Å². The molecule has 7 heteroatoms. The van der Waals surface area contributed by atoms with Gasteiger partial charge in [-0.1, -0.05) is 53.4 Å². The lowest BCUT2D eigenvalue weighted by atomic mass is 10.2. The van der Waals surface area contributed by atoms with Crippen LogP contribution in [0.15, 0.2) is 58.1 Å². The summed E-state index contributed by atoms with van der Waals surface area (Å²) in [5.74, 6) is 1.15. The van der Waals surface area contributed by atoms with Gasteiger partial charge in [-0.3, -0.25) is 0 Å². The molecule has 0 aliphatic carbocycles. The molecule has 0 saturated heterocycles. The molecule has 0 aliphatic heterocycles. The lowest BCUT2D eigenvalue weighted by Gasteiger charge is -1.97. The number of thioether (sulfide) groups is 1. The predicted molar refractivity (Wildman–Crippen MR) is 89.1 cm³/mol. The Hall–Kier alpha value is -2.25. The zero-order chi connectivity index (χ0) is 15.2. The van der Waals surface area contributed by atoms with Gasteiger partial charge in [-0.05, 0) is 11.6 Å². The van der Waals surface area contributed by atoms with E-state index in [2.05, 4.69) is 32.1 Å². The van der Waals surface area contributed by atoms with Crippen LogP contribution in [-0.4, -0.2) is 26.3 Å². The highest BCUT2D eigenvalue weighted by Crippen LogP contribution is 2.33. The standard InChI is InChI=1S/C15H12N4OS2/c20-13-12(9-18-14-16-7-4-8-17-14)19-15(22-13)21-10-11-5-2-1-3-6-11/h1-9,20H,10H2. The Morgan fingerprint density at radius 3 is 2.68 bits per heavy atom. The van der Waals surface area contributed by atoms with Crippen molar-refractivity contribution in [2.75, 3.05) is 0 Å². The normalized spacial score (nSPS) is 11.1. The van der Waals surface area contributed by atoms with Crippen LogP contribution >= 0.6 is 23.1 Å². The van der Waals surface area contributed by atoms with Crippen molar-refractivity contribution >= 4 is 35.3 Å². The number of aromatic hydroxyl groups is 1. The number of benzene rings is 1. The van der Waals surface area contributed by atoms with Crippen molar-refractivity contribution in [2.45, 2.75) is 10.1 Å². The largest absolute Gasteiger partial charge is 0.498 e. The van der Waals surface area contributed by atoms with E-state index >= 15 is 0 Å². The van der Waals surface area contributed by atoms with Crippen molar-refractivity contribution in [2.24, 2.45) is 4.99 Å². The van der Waals surface area contributed by atoms with E-state index in [0.29, 0.717) is 11.6 Å². The van der Waals surface area contributed by atoms with Gasteiger partial charge in [0.1, 0.15) is 5.69 Å². The number of rotatable bonds is 5.